The van der Waals surface area contributed by atoms with Gasteiger partial charge in [0.15, 0.2) is 0 Å². The maximum absolute atomic E-state index is 13.9. The Balaban J connectivity index is 1.92. The van der Waals surface area contributed by atoms with Gasteiger partial charge in [-0.15, -0.1) is 0 Å². The van der Waals surface area contributed by atoms with Crippen molar-refractivity contribution in [3.05, 3.63) is 59.3 Å². The minimum atomic E-state index is -0.696. The molecule has 0 aliphatic carbocycles. The standard InChI is InChI=1S/C31H39N5O7/c1-17(9-18(15-33-39)29(32)37)22-13-23-26(14-25(22)42-8)43-16-24-27(30(38)35(5)31(2,3)4)34-36(28(23)24)19-10-20(40-6)12-21(11-19)41-7/h9-15,24,28,33,39H,16H2,1-8H3,(H2,32,37)/p+1/b17-9+,18-15+. The Morgan fingerprint density at radius 2 is 1.77 bits per heavy atom. The SMILES string of the molecule is COc1cc(OC)cc(N2N=C(C(=O)N(C)C(C)(C)C)C3COc4cc(OC)c(/C(C)=C/C(=C\[NH2+]O)C(N)=O)cc4C32)c1. The molecule has 0 bridgehead atoms. The quantitative estimate of drug-likeness (QED) is 0.228. The van der Waals surface area contributed by atoms with Gasteiger partial charge < -0.3 is 29.6 Å². The summed E-state index contributed by atoms with van der Waals surface area (Å²) in [6.45, 7) is 7.92. The van der Waals surface area contributed by atoms with Crippen LogP contribution >= 0.6 is 0 Å². The van der Waals surface area contributed by atoms with Gasteiger partial charge in [0.25, 0.3) is 11.8 Å². The third-order valence-corrected chi connectivity index (χ3v) is 7.75. The monoisotopic (exact) mass is 594 g/mol. The van der Waals surface area contributed by atoms with E-state index < -0.39 is 23.4 Å². The molecule has 2 aromatic rings. The number of quaternary nitrogens is 1. The topological polar surface area (TPSA) is 153 Å². The second-order valence-electron chi connectivity index (χ2n) is 11.4. The Kier molecular flexibility index (Phi) is 9.02. The summed E-state index contributed by atoms with van der Waals surface area (Å²) in [6.07, 6.45) is 2.80. The molecule has 0 saturated heterocycles. The van der Waals surface area contributed by atoms with Crippen molar-refractivity contribution in [2.45, 2.75) is 39.3 Å². The lowest BCUT2D eigenvalue weighted by molar-refractivity contribution is -0.838. The van der Waals surface area contributed by atoms with Crippen molar-refractivity contribution in [3.63, 3.8) is 0 Å². The minimum Gasteiger partial charge on any atom is -0.497 e. The molecule has 12 heteroatoms. The van der Waals surface area contributed by atoms with Crippen molar-refractivity contribution in [3.8, 4) is 23.0 Å². The van der Waals surface area contributed by atoms with Crippen LogP contribution in [-0.2, 0) is 9.59 Å². The fourth-order valence-electron chi connectivity index (χ4n) is 5.10. The van der Waals surface area contributed by atoms with Gasteiger partial charge in [-0.25, -0.2) is 5.21 Å². The Morgan fingerprint density at radius 3 is 2.30 bits per heavy atom. The highest BCUT2D eigenvalue weighted by molar-refractivity contribution is 6.40. The molecule has 2 unspecified atom stereocenters. The molecule has 5 N–H and O–H groups in total. The van der Waals surface area contributed by atoms with E-state index >= 15 is 0 Å². The number of fused-ring (bicyclic) bond motifs is 3. The normalized spacial score (nSPS) is 18.3. The van der Waals surface area contributed by atoms with Crippen LogP contribution < -0.4 is 35.2 Å². The fraction of sp³-hybridized carbons (Fsp3) is 0.387. The van der Waals surface area contributed by atoms with Crippen molar-refractivity contribution in [1.29, 1.82) is 0 Å². The molecule has 0 spiro atoms. The van der Waals surface area contributed by atoms with Crippen LogP contribution in [0.4, 0.5) is 5.69 Å². The number of hydrazone groups is 1. The van der Waals surface area contributed by atoms with E-state index in [0.29, 0.717) is 45.5 Å². The van der Waals surface area contributed by atoms with E-state index in [1.54, 1.807) is 51.5 Å². The van der Waals surface area contributed by atoms with Crippen LogP contribution in [0.5, 0.6) is 23.0 Å². The highest BCUT2D eigenvalue weighted by Crippen LogP contribution is 2.49. The maximum Gasteiger partial charge on any atom is 0.270 e. The third-order valence-electron chi connectivity index (χ3n) is 7.75. The molecule has 0 radical (unpaired) electrons. The molecule has 2 atom stereocenters. The second-order valence-corrected chi connectivity index (χ2v) is 11.4. The van der Waals surface area contributed by atoms with Crippen LogP contribution in [-0.4, -0.2) is 68.2 Å². The smallest absolute Gasteiger partial charge is 0.270 e. The number of ether oxygens (including phenoxy) is 4. The van der Waals surface area contributed by atoms with Gasteiger partial charge in [-0.1, -0.05) is 0 Å². The molecule has 0 aromatic heterocycles. The first-order chi connectivity index (χ1) is 20.3. The summed E-state index contributed by atoms with van der Waals surface area (Å²) in [6, 6.07) is 8.72. The summed E-state index contributed by atoms with van der Waals surface area (Å²) in [5.41, 5.74) is 9.09. The summed E-state index contributed by atoms with van der Waals surface area (Å²) in [7, 11) is 6.45. The number of rotatable bonds is 9. The molecular formula is C31H40N5O7+. The Hall–Kier alpha value is -4.55. The molecule has 2 heterocycles. The number of carbonyl (C=O) groups is 2. The zero-order chi connectivity index (χ0) is 31.6. The predicted molar refractivity (Wildman–Crippen MR) is 161 cm³/mol. The number of nitrogens with two attached hydrogens (primary N) is 2. The number of hydroxylamine groups is 1. The number of benzene rings is 2. The van der Waals surface area contributed by atoms with Gasteiger partial charge in [0, 0.05) is 48.0 Å². The predicted octanol–water partition coefficient (Wildman–Crippen LogP) is 2.62. The highest BCUT2D eigenvalue weighted by Gasteiger charge is 2.48. The summed E-state index contributed by atoms with van der Waals surface area (Å²) in [4.78, 5) is 27.5. The molecule has 43 heavy (non-hydrogen) atoms. The van der Waals surface area contributed by atoms with Crippen LogP contribution in [0.25, 0.3) is 5.57 Å². The Labute approximate surface area is 251 Å². The number of nitrogens with zero attached hydrogens (tertiary/aromatic N) is 3. The van der Waals surface area contributed by atoms with Gasteiger partial charge in [-0.2, -0.15) is 10.6 Å². The van der Waals surface area contributed by atoms with E-state index in [9.17, 15) is 14.8 Å². The van der Waals surface area contributed by atoms with Gasteiger partial charge in [-0.05, 0) is 45.4 Å². The van der Waals surface area contributed by atoms with Crippen molar-refractivity contribution in [2.24, 2.45) is 16.8 Å². The largest absolute Gasteiger partial charge is 0.497 e. The molecule has 230 valence electrons. The minimum absolute atomic E-state index is 0.112. The number of anilines is 1. The van der Waals surface area contributed by atoms with E-state index in [1.807, 2.05) is 50.9 Å². The van der Waals surface area contributed by atoms with Gasteiger partial charge in [-0.3, -0.25) is 14.6 Å². The van der Waals surface area contributed by atoms with Crippen molar-refractivity contribution < 1.29 is 39.2 Å². The maximum atomic E-state index is 13.9. The average Bonchev–Trinajstić information content (AvgIpc) is 3.38. The summed E-state index contributed by atoms with van der Waals surface area (Å²) in [5, 5.41) is 16.0. The molecule has 0 fully saturated rings. The van der Waals surface area contributed by atoms with Crippen LogP contribution in [0, 0.1) is 5.92 Å². The molecule has 0 saturated carbocycles. The number of allylic oxidation sites excluding steroid dienone is 1. The number of methoxy groups -OCH3 is 3. The average molecular weight is 595 g/mol. The molecule has 2 amide bonds. The van der Waals surface area contributed by atoms with Gasteiger partial charge >= 0.3 is 0 Å². The van der Waals surface area contributed by atoms with E-state index in [0.717, 1.165) is 11.0 Å². The molecular weight excluding hydrogens is 554 g/mol. The summed E-state index contributed by atoms with van der Waals surface area (Å²) < 4.78 is 23.0. The lowest BCUT2D eigenvalue weighted by Crippen LogP contribution is -2.74. The van der Waals surface area contributed by atoms with Crippen molar-refractivity contribution >= 4 is 28.8 Å². The number of primary amides is 1. The lowest BCUT2D eigenvalue weighted by atomic mass is 9.85. The number of hydrogen-bond acceptors (Lipinski definition) is 9. The van der Waals surface area contributed by atoms with Crippen molar-refractivity contribution in [1.82, 2.24) is 4.90 Å². The fourth-order valence-corrected chi connectivity index (χ4v) is 5.10. The number of carbonyl (C=O) groups excluding carboxylic acids is 2. The first-order valence-electron chi connectivity index (χ1n) is 13.7. The number of amides is 2. The van der Waals surface area contributed by atoms with Gasteiger partial charge in [0.2, 0.25) is 0 Å². The molecule has 2 aliphatic heterocycles. The Bertz CT molecular complexity index is 1490. The first kappa shape index (κ1) is 31.4. The highest BCUT2D eigenvalue weighted by atomic mass is 16.5. The Morgan fingerprint density at radius 1 is 1.12 bits per heavy atom. The summed E-state index contributed by atoms with van der Waals surface area (Å²) in [5.74, 6) is 0.933. The van der Waals surface area contributed by atoms with Crippen LogP contribution in [0.1, 0.15) is 44.9 Å². The molecule has 2 aliphatic rings. The van der Waals surface area contributed by atoms with E-state index in [1.165, 1.54) is 6.20 Å². The lowest BCUT2D eigenvalue weighted by Gasteiger charge is -2.36. The van der Waals surface area contributed by atoms with E-state index in [-0.39, 0.29) is 18.1 Å². The first-order valence-corrected chi connectivity index (χ1v) is 13.7. The van der Waals surface area contributed by atoms with Crippen molar-refractivity contribution in [2.75, 3.05) is 40.0 Å². The number of hydrogen-bond donors (Lipinski definition) is 3. The van der Waals surface area contributed by atoms with Crippen LogP contribution in [0.2, 0.25) is 0 Å². The van der Waals surface area contributed by atoms with Crippen LogP contribution in [0.3, 0.4) is 0 Å². The molecule has 4 rings (SSSR count). The van der Waals surface area contributed by atoms with Gasteiger partial charge in [0.05, 0.1) is 51.2 Å². The van der Waals surface area contributed by atoms with Gasteiger partial charge in [0.1, 0.15) is 34.9 Å². The second kappa shape index (κ2) is 12.4. The zero-order valence-corrected chi connectivity index (χ0v) is 25.8. The van der Waals surface area contributed by atoms with Crippen LogP contribution in [0.15, 0.2) is 53.3 Å². The summed E-state index contributed by atoms with van der Waals surface area (Å²) >= 11 is 0. The third kappa shape index (κ3) is 6.15. The molecule has 12 nitrogen and oxygen atoms in total. The zero-order valence-electron chi connectivity index (χ0n) is 25.8. The van der Waals surface area contributed by atoms with E-state index in [4.69, 9.17) is 29.8 Å². The van der Waals surface area contributed by atoms with E-state index in [2.05, 4.69) is 0 Å². The molecule has 2 aromatic carbocycles.